The lowest BCUT2D eigenvalue weighted by atomic mass is 9.65. The molecule has 1 heterocycles. The van der Waals surface area contributed by atoms with Gasteiger partial charge in [0.05, 0.1) is 19.1 Å². The minimum absolute atomic E-state index is 0.00253. The summed E-state index contributed by atoms with van der Waals surface area (Å²) < 4.78 is 18.2. The maximum absolute atomic E-state index is 12.7. The Labute approximate surface area is 134 Å². The Kier molecular flexibility index (Phi) is 3.92. The Hall–Kier alpha value is -0.493. The lowest BCUT2D eigenvalue weighted by molar-refractivity contribution is -0.223. The smallest absolute Gasteiger partial charge is 0.192 e. The van der Waals surface area contributed by atoms with E-state index in [1.807, 2.05) is 6.08 Å². The monoisotopic (exact) mass is 324 g/mol. The second kappa shape index (κ2) is 5.26. The zero-order valence-corrected chi connectivity index (χ0v) is 15.3. The molecule has 0 aromatic rings. The molecule has 1 aliphatic heterocycles. The van der Waals surface area contributed by atoms with Crippen molar-refractivity contribution in [2.75, 3.05) is 19.8 Å². The number of fused-ring (bicyclic) bond motifs is 1. The van der Waals surface area contributed by atoms with Crippen LogP contribution in [0.4, 0.5) is 0 Å². The van der Waals surface area contributed by atoms with Crippen LogP contribution in [0, 0.1) is 17.8 Å². The normalized spacial score (nSPS) is 33.9. The summed E-state index contributed by atoms with van der Waals surface area (Å²) in [4.78, 5) is 12.7. The Balaban J connectivity index is 1.76. The number of hydrogen-bond acceptors (Lipinski definition) is 4. The average molecular weight is 324 g/mol. The van der Waals surface area contributed by atoms with Crippen LogP contribution in [0.15, 0.2) is 12.2 Å². The van der Waals surface area contributed by atoms with Crippen molar-refractivity contribution in [1.82, 2.24) is 0 Å². The molecule has 5 heteroatoms. The largest absolute Gasteiger partial charge is 0.416 e. The highest BCUT2D eigenvalue weighted by Gasteiger charge is 2.57. The molecule has 0 unspecified atom stereocenters. The van der Waals surface area contributed by atoms with Crippen LogP contribution in [0.1, 0.15) is 27.2 Å². The fourth-order valence-electron chi connectivity index (χ4n) is 3.48. The van der Waals surface area contributed by atoms with Crippen LogP contribution >= 0.6 is 0 Å². The van der Waals surface area contributed by atoms with Gasteiger partial charge in [-0.2, -0.15) is 0 Å². The quantitative estimate of drug-likeness (QED) is 0.591. The predicted molar refractivity (Wildman–Crippen MR) is 87.0 cm³/mol. The Bertz CT molecular complexity index is 485. The number of carbonyl (C=O) groups excluding carboxylic acids is 1. The van der Waals surface area contributed by atoms with Crippen molar-refractivity contribution in [2.24, 2.45) is 17.8 Å². The first-order chi connectivity index (χ1) is 10.2. The van der Waals surface area contributed by atoms with Gasteiger partial charge in [-0.05, 0) is 18.1 Å². The number of allylic oxidation sites excluding steroid dienone is 1. The third-order valence-electron chi connectivity index (χ3n) is 5.93. The molecule has 0 aromatic heterocycles. The first kappa shape index (κ1) is 16.4. The molecule has 124 valence electrons. The van der Waals surface area contributed by atoms with E-state index in [1.165, 1.54) is 0 Å². The molecule has 3 atom stereocenters. The fraction of sp³-hybridized carbons (Fsp3) is 0.824. The van der Waals surface area contributed by atoms with E-state index in [4.69, 9.17) is 13.9 Å². The minimum Gasteiger partial charge on any atom is -0.416 e. The van der Waals surface area contributed by atoms with Crippen LogP contribution in [0.5, 0.6) is 0 Å². The van der Waals surface area contributed by atoms with Crippen molar-refractivity contribution in [3.05, 3.63) is 12.2 Å². The molecule has 1 saturated heterocycles. The van der Waals surface area contributed by atoms with Gasteiger partial charge >= 0.3 is 0 Å². The molecule has 3 aliphatic carbocycles. The third-order valence-corrected chi connectivity index (χ3v) is 10.4. The van der Waals surface area contributed by atoms with Crippen molar-refractivity contribution < 1.29 is 18.7 Å². The van der Waals surface area contributed by atoms with Crippen molar-refractivity contribution in [3.8, 4) is 0 Å². The number of ketones is 1. The van der Waals surface area contributed by atoms with Crippen molar-refractivity contribution in [3.63, 3.8) is 0 Å². The van der Waals surface area contributed by atoms with Gasteiger partial charge in [-0.15, -0.1) is 0 Å². The summed E-state index contributed by atoms with van der Waals surface area (Å²) in [6, 6.07) is 0. The third kappa shape index (κ3) is 2.52. The van der Waals surface area contributed by atoms with E-state index >= 15 is 0 Å². The molecule has 1 saturated carbocycles. The lowest BCUT2D eigenvalue weighted by Crippen LogP contribution is -2.57. The van der Waals surface area contributed by atoms with Gasteiger partial charge in [0, 0.05) is 24.9 Å². The molecule has 4 rings (SSSR count). The molecule has 4 nitrogen and oxygen atoms in total. The molecule has 22 heavy (non-hydrogen) atoms. The summed E-state index contributed by atoms with van der Waals surface area (Å²) in [5.41, 5.74) is 0. The van der Waals surface area contributed by atoms with Gasteiger partial charge in [0.15, 0.2) is 14.1 Å². The molecule has 0 aromatic carbocycles. The van der Waals surface area contributed by atoms with Gasteiger partial charge in [-0.25, -0.2) is 0 Å². The molecule has 0 N–H and O–H groups in total. The van der Waals surface area contributed by atoms with Crippen LogP contribution < -0.4 is 0 Å². The standard InChI is InChI=1S/C17H28O4Si/c1-16(2,3)22(4,5)21-11-13-14-7-6-12(15(13)18)10-17(14)19-8-9-20-17/h6-7,12-14H,8-11H2,1-5H3/t12-,13-,14+/m0/s1. The maximum Gasteiger partial charge on any atom is 0.192 e. The number of ether oxygens (including phenoxy) is 2. The number of hydrogen-bond donors (Lipinski definition) is 0. The van der Waals surface area contributed by atoms with E-state index in [1.54, 1.807) is 0 Å². The van der Waals surface area contributed by atoms with Gasteiger partial charge in [0.1, 0.15) is 5.78 Å². The fourth-order valence-corrected chi connectivity index (χ4v) is 4.51. The van der Waals surface area contributed by atoms with Gasteiger partial charge in [0.2, 0.25) is 0 Å². The van der Waals surface area contributed by atoms with Gasteiger partial charge in [-0.1, -0.05) is 32.9 Å². The highest BCUT2D eigenvalue weighted by molar-refractivity contribution is 6.74. The molecular formula is C17H28O4Si. The Morgan fingerprint density at radius 3 is 2.50 bits per heavy atom. The molecule has 0 amide bonds. The lowest BCUT2D eigenvalue weighted by Gasteiger charge is -2.48. The van der Waals surface area contributed by atoms with Crippen LogP contribution in [0.2, 0.25) is 18.1 Å². The van der Waals surface area contributed by atoms with Crippen LogP contribution in [0.25, 0.3) is 0 Å². The van der Waals surface area contributed by atoms with Crippen molar-refractivity contribution in [1.29, 1.82) is 0 Å². The first-order valence-corrected chi connectivity index (χ1v) is 11.2. The van der Waals surface area contributed by atoms with Crippen LogP contribution in [0.3, 0.4) is 0 Å². The van der Waals surface area contributed by atoms with Crippen LogP contribution in [-0.2, 0) is 18.7 Å². The Morgan fingerprint density at radius 1 is 1.27 bits per heavy atom. The number of rotatable bonds is 3. The van der Waals surface area contributed by atoms with E-state index in [-0.39, 0.29) is 22.8 Å². The van der Waals surface area contributed by atoms with E-state index in [0.717, 1.165) is 0 Å². The summed E-state index contributed by atoms with van der Waals surface area (Å²) >= 11 is 0. The van der Waals surface area contributed by atoms with Crippen molar-refractivity contribution in [2.45, 2.75) is 51.1 Å². The van der Waals surface area contributed by atoms with E-state index in [0.29, 0.717) is 32.0 Å². The summed E-state index contributed by atoms with van der Waals surface area (Å²) in [6.07, 6.45) is 4.83. The summed E-state index contributed by atoms with van der Waals surface area (Å²) in [7, 11) is -1.86. The summed E-state index contributed by atoms with van der Waals surface area (Å²) in [6.45, 7) is 12.9. The van der Waals surface area contributed by atoms with Crippen LogP contribution in [-0.4, -0.2) is 39.7 Å². The SMILES string of the molecule is CC(C)(C)[Si](C)(C)OC[C@@H]1C(=O)[C@H]2C=C[C@H]1C1(C2)OCCO1. The van der Waals surface area contributed by atoms with E-state index in [2.05, 4.69) is 39.9 Å². The van der Waals surface area contributed by atoms with Gasteiger partial charge in [0.25, 0.3) is 0 Å². The first-order valence-electron chi connectivity index (χ1n) is 8.30. The van der Waals surface area contributed by atoms with E-state index in [9.17, 15) is 4.79 Å². The predicted octanol–water partition coefficient (Wildman–Crippen LogP) is 3.14. The molecule has 2 bridgehead atoms. The van der Waals surface area contributed by atoms with Crippen molar-refractivity contribution >= 4 is 14.1 Å². The molecule has 1 spiro atoms. The van der Waals surface area contributed by atoms with Gasteiger partial charge in [-0.3, -0.25) is 4.79 Å². The average Bonchev–Trinajstić information content (AvgIpc) is 2.86. The maximum atomic E-state index is 12.7. The topological polar surface area (TPSA) is 44.8 Å². The van der Waals surface area contributed by atoms with E-state index < -0.39 is 14.1 Å². The second-order valence-electron chi connectivity index (χ2n) is 8.31. The minimum atomic E-state index is -1.86. The molecule has 2 fully saturated rings. The second-order valence-corrected chi connectivity index (χ2v) is 13.1. The zero-order chi connectivity index (χ0) is 16.2. The molecule has 0 radical (unpaired) electrons. The highest BCUT2D eigenvalue weighted by atomic mass is 28.4. The Morgan fingerprint density at radius 2 is 1.91 bits per heavy atom. The summed E-state index contributed by atoms with van der Waals surface area (Å²) in [5, 5.41) is 0.150. The highest BCUT2D eigenvalue weighted by Crippen LogP contribution is 2.49. The number of carbonyl (C=O) groups is 1. The zero-order valence-electron chi connectivity index (χ0n) is 14.3. The molecule has 4 aliphatic rings. The summed E-state index contributed by atoms with van der Waals surface area (Å²) in [5.74, 6) is -0.477. The van der Waals surface area contributed by atoms with Gasteiger partial charge < -0.3 is 13.9 Å². The molecular weight excluding hydrogens is 296 g/mol. The number of Topliss-reactive ketones (excluding diaryl/α,β-unsaturated/α-hetero) is 1.